The van der Waals surface area contributed by atoms with Gasteiger partial charge < -0.3 is 0 Å². The largest absolute Gasteiger partial charge is 0.289 e. The smallest absolute Gasteiger partial charge is 0.272 e. The number of carbonyl (C=O) groups is 1. The highest BCUT2D eigenvalue weighted by Gasteiger charge is 2.18. The minimum atomic E-state index is -0.388. The number of aryl methyl sites for hydroxylation is 2. The van der Waals surface area contributed by atoms with E-state index < -0.39 is 0 Å². The SMILES string of the molecule is CC(=NNC(=O)c1cc(-c2ccc3c4c(cccc24)CC3)n[nH]1)c1ccc(F)cc1. The van der Waals surface area contributed by atoms with Gasteiger partial charge in [0.15, 0.2) is 0 Å². The molecular formula is C24H19FN4O. The summed E-state index contributed by atoms with van der Waals surface area (Å²) in [5, 5.41) is 13.7. The van der Waals surface area contributed by atoms with Gasteiger partial charge in [0.25, 0.3) is 5.91 Å². The lowest BCUT2D eigenvalue weighted by molar-refractivity contribution is 0.0950. The van der Waals surface area contributed by atoms with Crippen LogP contribution >= 0.6 is 0 Å². The first-order chi connectivity index (χ1) is 14.6. The zero-order chi connectivity index (χ0) is 20.7. The van der Waals surface area contributed by atoms with E-state index in [1.54, 1.807) is 25.1 Å². The van der Waals surface area contributed by atoms with Crippen LogP contribution in [0.3, 0.4) is 0 Å². The van der Waals surface area contributed by atoms with Crippen molar-refractivity contribution in [2.45, 2.75) is 19.8 Å². The molecule has 0 bridgehead atoms. The Morgan fingerprint density at radius 1 is 1.07 bits per heavy atom. The van der Waals surface area contributed by atoms with E-state index in [0.29, 0.717) is 11.4 Å². The molecule has 5 nitrogen and oxygen atoms in total. The Morgan fingerprint density at radius 2 is 1.83 bits per heavy atom. The zero-order valence-corrected chi connectivity index (χ0v) is 16.4. The summed E-state index contributed by atoms with van der Waals surface area (Å²) in [6.07, 6.45) is 2.13. The predicted molar refractivity (Wildman–Crippen MR) is 115 cm³/mol. The van der Waals surface area contributed by atoms with E-state index in [0.717, 1.165) is 35.0 Å². The van der Waals surface area contributed by atoms with E-state index in [4.69, 9.17) is 0 Å². The van der Waals surface area contributed by atoms with Crippen LogP contribution in [0.25, 0.3) is 22.0 Å². The lowest BCUT2D eigenvalue weighted by Gasteiger charge is -2.06. The zero-order valence-electron chi connectivity index (χ0n) is 16.4. The Balaban J connectivity index is 1.40. The van der Waals surface area contributed by atoms with Gasteiger partial charge in [-0.3, -0.25) is 9.89 Å². The summed E-state index contributed by atoms with van der Waals surface area (Å²) in [7, 11) is 0. The van der Waals surface area contributed by atoms with Gasteiger partial charge in [-0.25, -0.2) is 9.82 Å². The summed E-state index contributed by atoms with van der Waals surface area (Å²) in [5.41, 5.74) is 8.60. The number of nitrogens with one attached hydrogen (secondary N) is 2. The number of carbonyl (C=O) groups excluding carboxylic acids is 1. The Morgan fingerprint density at radius 3 is 2.63 bits per heavy atom. The molecule has 1 amide bonds. The van der Waals surface area contributed by atoms with Gasteiger partial charge in [0, 0.05) is 5.56 Å². The fraction of sp³-hybridized carbons (Fsp3) is 0.125. The number of aromatic nitrogens is 2. The second kappa shape index (κ2) is 7.22. The first-order valence-electron chi connectivity index (χ1n) is 9.80. The van der Waals surface area contributed by atoms with Crippen LogP contribution in [0, 0.1) is 5.82 Å². The Hall–Kier alpha value is -3.80. The number of benzene rings is 3. The number of aromatic amines is 1. The van der Waals surface area contributed by atoms with Crippen molar-refractivity contribution in [3.8, 4) is 11.3 Å². The van der Waals surface area contributed by atoms with Gasteiger partial charge in [-0.05, 0) is 65.4 Å². The van der Waals surface area contributed by atoms with Crippen LogP contribution in [0.15, 0.2) is 65.8 Å². The maximum atomic E-state index is 13.1. The lowest BCUT2D eigenvalue weighted by Crippen LogP contribution is -2.19. The normalized spacial score (nSPS) is 13.1. The van der Waals surface area contributed by atoms with Crippen molar-refractivity contribution < 1.29 is 9.18 Å². The highest BCUT2D eigenvalue weighted by molar-refractivity contribution is 6.03. The maximum Gasteiger partial charge on any atom is 0.289 e. The summed E-state index contributed by atoms with van der Waals surface area (Å²) < 4.78 is 13.1. The number of hydrogen-bond acceptors (Lipinski definition) is 3. The predicted octanol–water partition coefficient (Wildman–Crippen LogP) is 4.62. The summed E-state index contributed by atoms with van der Waals surface area (Å²) in [5.74, 6) is -0.704. The van der Waals surface area contributed by atoms with Crippen LogP contribution in [0.2, 0.25) is 0 Å². The first kappa shape index (κ1) is 18.2. The van der Waals surface area contributed by atoms with Gasteiger partial charge in [0.05, 0.1) is 11.4 Å². The summed E-state index contributed by atoms with van der Waals surface area (Å²) in [4.78, 5) is 12.5. The summed E-state index contributed by atoms with van der Waals surface area (Å²) in [6, 6.07) is 18.3. The van der Waals surface area contributed by atoms with E-state index in [2.05, 4.69) is 51.1 Å². The van der Waals surface area contributed by atoms with Gasteiger partial charge in [-0.15, -0.1) is 0 Å². The molecule has 1 aliphatic rings. The third-order valence-electron chi connectivity index (χ3n) is 5.56. The molecule has 2 N–H and O–H groups in total. The molecule has 4 aromatic rings. The Kier molecular flexibility index (Phi) is 4.39. The molecule has 0 radical (unpaired) electrons. The molecular weight excluding hydrogens is 379 g/mol. The maximum absolute atomic E-state index is 13.1. The fourth-order valence-electron chi connectivity index (χ4n) is 4.00. The molecule has 0 aliphatic heterocycles. The third-order valence-corrected chi connectivity index (χ3v) is 5.56. The fourth-order valence-corrected chi connectivity index (χ4v) is 4.00. The van der Waals surface area contributed by atoms with Crippen LogP contribution in [-0.4, -0.2) is 21.8 Å². The standard InChI is InChI=1S/C24H19FN4O/c1-14(15-7-10-18(25)11-8-15)26-29-24(30)22-13-21(27-28-22)19-12-9-17-6-5-16-3-2-4-20(19)23(16)17/h2-4,7-13H,5-6H2,1H3,(H,27,28)(H,29,30). The number of amides is 1. The quantitative estimate of drug-likeness (QED) is 0.389. The van der Waals surface area contributed by atoms with Crippen LogP contribution in [0.5, 0.6) is 0 Å². The van der Waals surface area contributed by atoms with Gasteiger partial charge in [-0.1, -0.05) is 42.5 Å². The van der Waals surface area contributed by atoms with Crippen LogP contribution < -0.4 is 5.43 Å². The minimum absolute atomic E-state index is 0.316. The molecule has 148 valence electrons. The highest BCUT2D eigenvalue weighted by Crippen LogP contribution is 2.36. The van der Waals surface area contributed by atoms with Crippen molar-refractivity contribution in [1.82, 2.24) is 15.6 Å². The second-order valence-electron chi connectivity index (χ2n) is 7.42. The molecule has 0 spiro atoms. The number of hydrogen-bond donors (Lipinski definition) is 2. The van der Waals surface area contributed by atoms with Crippen molar-refractivity contribution in [3.05, 3.63) is 88.9 Å². The average Bonchev–Trinajstić information content (AvgIpc) is 3.42. The molecule has 1 aromatic heterocycles. The molecule has 30 heavy (non-hydrogen) atoms. The van der Waals surface area contributed by atoms with Crippen LogP contribution in [0.1, 0.15) is 34.1 Å². The number of rotatable bonds is 4. The van der Waals surface area contributed by atoms with Crippen molar-refractivity contribution in [1.29, 1.82) is 0 Å². The minimum Gasteiger partial charge on any atom is -0.272 e. The van der Waals surface area contributed by atoms with Crippen molar-refractivity contribution in [3.63, 3.8) is 0 Å². The molecule has 5 rings (SSSR count). The molecule has 1 aliphatic carbocycles. The Labute approximate surface area is 172 Å². The Bertz CT molecular complexity index is 1290. The third kappa shape index (κ3) is 3.16. The molecule has 6 heteroatoms. The van der Waals surface area contributed by atoms with E-state index >= 15 is 0 Å². The topological polar surface area (TPSA) is 70.1 Å². The summed E-state index contributed by atoms with van der Waals surface area (Å²) in [6.45, 7) is 1.75. The van der Waals surface area contributed by atoms with Gasteiger partial charge in [0.1, 0.15) is 11.5 Å². The number of H-pyrrole nitrogens is 1. The van der Waals surface area contributed by atoms with Crippen LogP contribution in [-0.2, 0) is 12.8 Å². The van der Waals surface area contributed by atoms with Crippen molar-refractivity contribution in [2.75, 3.05) is 0 Å². The first-order valence-corrected chi connectivity index (χ1v) is 9.80. The van der Waals surface area contributed by atoms with E-state index in [1.807, 2.05) is 0 Å². The lowest BCUT2D eigenvalue weighted by atomic mass is 9.98. The second-order valence-corrected chi connectivity index (χ2v) is 7.42. The van der Waals surface area contributed by atoms with Gasteiger partial charge >= 0.3 is 0 Å². The molecule has 0 fully saturated rings. The molecule has 0 saturated carbocycles. The van der Waals surface area contributed by atoms with E-state index in [-0.39, 0.29) is 11.7 Å². The van der Waals surface area contributed by atoms with E-state index in [1.165, 1.54) is 28.6 Å². The van der Waals surface area contributed by atoms with Gasteiger partial charge in [0.2, 0.25) is 0 Å². The van der Waals surface area contributed by atoms with E-state index in [9.17, 15) is 9.18 Å². The molecule has 0 saturated heterocycles. The number of halogens is 1. The number of nitrogens with zero attached hydrogens (tertiary/aromatic N) is 2. The van der Waals surface area contributed by atoms with Gasteiger partial charge in [-0.2, -0.15) is 10.2 Å². The average molecular weight is 398 g/mol. The van der Waals surface area contributed by atoms with Crippen LogP contribution in [0.4, 0.5) is 4.39 Å². The number of hydrazone groups is 1. The molecule has 3 aromatic carbocycles. The monoisotopic (exact) mass is 398 g/mol. The molecule has 0 unspecified atom stereocenters. The molecule has 0 atom stereocenters. The molecule has 1 heterocycles. The van der Waals surface area contributed by atoms with Crippen molar-refractivity contribution >= 4 is 22.4 Å². The summed E-state index contributed by atoms with van der Waals surface area (Å²) >= 11 is 0. The highest BCUT2D eigenvalue weighted by atomic mass is 19.1. The van der Waals surface area contributed by atoms with Crippen molar-refractivity contribution in [2.24, 2.45) is 5.10 Å².